The molecule has 0 saturated carbocycles. The highest BCUT2D eigenvalue weighted by molar-refractivity contribution is 7.92. The third-order valence-corrected chi connectivity index (χ3v) is 8.16. The van der Waals surface area contributed by atoms with Crippen LogP contribution in [0.4, 0.5) is 0 Å². The van der Waals surface area contributed by atoms with E-state index in [-0.39, 0.29) is 41.8 Å². The summed E-state index contributed by atoms with van der Waals surface area (Å²) in [6, 6.07) is 0. The van der Waals surface area contributed by atoms with E-state index >= 15 is 0 Å². The number of hydrogen-bond donors (Lipinski definition) is 1. The highest BCUT2D eigenvalue weighted by Gasteiger charge is 2.36. The third kappa shape index (κ3) is 4.37. The lowest BCUT2D eigenvalue weighted by molar-refractivity contribution is 0.395. The quantitative estimate of drug-likeness (QED) is 0.690. The normalized spacial score (nSPS) is 21.8. The van der Waals surface area contributed by atoms with Crippen molar-refractivity contribution in [2.24, 2.45) is 11.7 Å². The molecular weight excluding hydrogens is 320 g/mol. The molecule has 0 aromatic heterocycles. The molecule has 6 nitrogen and oxygen atoms in total. The molecule has 0 bridgehead atoms. The molecule has 2 N–H and O–H groups in total. The maximum atomic E-state index is 12.5. The molecule has 0 spiro atoms. The third-order valence-electron chi connectivity index (χ3n) is 3.60. The summed E-state index contributed by atoms with van der Waals surface area (Å²) in [4.78, 5) is 0.282. The van der Waals surface area contributed by atoms with Gasteiger partial charge in [-0.25, -0.2) is 21.1 Å². The van der Waals surface area contributed by atoms with E-state index in [2.05, 4.69) is 0 Å². The molecule has 118 valence electrons. The lowest BCUT2D eigenvalue weighted by Gasteiger charge is -2.30. The first-order valence-electron chi connectivity index (χ1n) is 6.59. The molecule has 9 heteroatoms. The zero-order chi connectivity index (χ0) is 15.6. The van der Waals surface area contributed by atoms with E-state index in [4.69, 9.17) is 18.0 Å². The smallest absolute Gasteiger partial charge is 0.217 e. The van der Waals surface area contributed by atoms with Crippen molar-refractivity contribution in [1.29, 1.82) is 0 Å². The lowest BCUT2D eigenvalue weighted by Crippen LogP contribution is -2.45. The second-order valence-corrected chi connectivity index (χ2v) is 10.1. The molecule has 1 atom stereocenters. The molecule has 1 aliphatic rings. The van der Waals surface area contributed by atoms with Gasteiger partial charge in [0, 0.05) is 19.0 Å². The maximum Gasteiger partial charge on any atom is 0.217 e. The van der Waals surface area contributed by atoms with Gasteiger partial charge in [0.25, 0.3) is 0 Å². The fourth-order valence-corrected chi connectivity index (χ4v) is 6.09. The first kappa shape index (κ1) is 17.8. The second-order valence-electron chi connectivity index (χ2n) is 5.15. The van der Waals surface area contributed by atoms with Gasteiger partial charge in [-0.15, -0.1) is 0 Å². The summed E-state index contributed by atoms with van der Waals surface area (Å²) in [5.41, 5.74) is 5.53. The van der Waals surface area contributed by atoms with Gasteiger partial charge in [0.15, 0.2) is 0 Å². The number of sulfone groups is 1. The van der Waals surface area contributed by atoms with Crippen molar-refractivity contribution in [3.63, 3.8) is 0 Å². The van der Waals surface area contributed by atoms with Crippen molar-refractivity contribution >= 4 is 37.1 Å². The molecule has 0 aromatic rings. The van der Waals surface area contributed by atoms with Crippen LogP contribution in [0.25, 0.3) is 0 Å². The number of nitrogens with two attached hydrogens (primary N) is 1. The van der Waals surface area contributed by atoms with Gasteiger partial charge in [-0.1, -0.05) is 26.1 Å². The van der Waals surface area contributed by atoms with Crippen molar-refractivity contribution in [3.8, 4) is 0 Å². The number of rotatable bonds is 6. The Morgan fingerprint density at radius 2 is 1.90 bits per heavy atom. The van der Waals surface area contributed by atoms with Crippen molar-refractivity contribution in [2.75, 3.05) is 24.6 Å². The van der Waals surface area contributed by atoms with E-state index in [1.165, 1.54) is 4.31 Å². The van der Waals surface area contributed by atoms with Gasteiger partial charge in [-0.05, 0) is 12.8 Å². The Morgan fingerprint density at radius 3 is 2.30 bits per heavy atom. The zero-order valence-corrected chi connectivity index (χ0v) is 14.2. The predicted molar refractivity (Wildman–Crippen MR) is 83.8 cm³/mol. The molecule has 20 heavy (non-hydrogen) atoms. The van der Waals surface area contributed by atoms with Gasteiger partial charge in [0.2, 0.25) is 10.0 Å². The van der Waals surface area contributed by atoms with E-state index in [9.17, 15) is 16.8 Å². The van der Waals surface area contributed by atoms with Crippen LogP contribution in [0.1, 0.15) is 26.7 Å². The minimum atomic E-state index is -3.50. The van der Waals surface area contributed by atoms with Crippen molar-refractivity contribution in [1.82, 2.24) is 4.31 Å². The molecule has 0 aliphatic carbocycles. The van der Waals surface area contributed by atoms with Gasteiger partial charge in [0.05, 0.1) is 21.7 Å². The first-order valence-corrected chi connectivity index (χ1v) is 10.3. The summed E-state index contributed by atoms with van der Waals surface area (Å²) in [6.07, 6.45) is 0.339. The van der Waals surface area contributed by atoms with Crippen LogP contribution in [0, 0.1) is 5.92 Å². The van der Waals surface area contributed by atoms with Gasteiger partial charge in [0.1, 0.15) is 9.84 Å². The summed E-state index contributed by atoms with van der Waals surface area (Å²) in [5.74, 6) is -0.314. The largest absolute Gasteiger partial charge is 0.393 e. The molecule has 0 amide bonds. The average Bonchev–Trinajstić information content (AvgIpc) is 2.34. The number of hydrogen-bond acceptors (Lipinski definition) is 5. The number of thiocarbonyl (C=S) groups is 1. The van der Waals surface area contributed by atoms with Crippen LogP contribution in [0.5, 0.6) is 0 Å². The average molecular weight is 343 g/mol. The van der Waals surface area contributed by atoms with Gasteiger partial charge >= 0.3 is 0 Å². The van der Waals surface area contributed by atoms with Crippen molar-refractivity contribution < 1.29 is 16.8 Å². The number of nitrogens with zero attached hydrogens (tertiary/aromatic N) is 1. The van der Waals surface area contributed by atoms with Crippen LogP contribution in [0.2, 0.25) is 0 Å². The summed E-state index contributed by atoms with van der Waals surface area (Å²) >= 11 is 4.87. The lowest BCUT2D eigenvalue weighted by atomic mass is 10.2. The molecule has 1 rings (SSSR count). The van der Waals surface area contributed by atoms with Crippen LogP contribution in [-0.4, -0.2) is 56.0 Å². The molecule has 0 radical (unpaired) electrons. The van der Waals surface area contributed by atoms with E-state index in [1.807, 2.05) is 0 Å². The molecule has 1 fully saturated rings. The minimum absolute atomic E-state index is 0.0562. The predicted octanol–water partition coefficient (Wildman–Crippen LogP) is 0.138. The second kappa shape index (κ2) is 6.67. The SMILES string of the molecule is CCN(CC(C)C(N)=S)S(=O)(=O)C1CCS(=O)(=O)CC1. The molecule has 1 heterocycles. The Hall–Kier alpha value is -0.250. The topological polar surface area (TPSA) is 97.5 Å². The summed E-state index contributed by atoms with van der Waals surface area (Å²) in [6.45, 7) is 4.12. The molecular formula is C11H22N2O4S3. The van der Waals surface area contributed by atoms with Crippen molar-refractivity contribution in [2.45, 2.75) is 31.9 Å². The van der Waals surface area contributed by atoms with Gasteiger partial charge in [-0.3, -0.25) is 0 Å². The van der Waals surface area contributed by atoms with E-state index < -0.39 is 25.1 Å². The Balaban J connectivity index is 2.83. The molecule has 1 saturated heterocycles. The minimum Gasteiger partial charge on any atom is -0.393 e. The van der Waals surface area contributed by atoms with Crippen LogP contribution in [0.15, 0.2) is 0 Å². The summed E-state index contributed by atoms with van der Waals surface area (Å²) < 4.78 is 49.2. The molecule has 1 aliphatic heterocycles. The number of sulfonamides is 1. The van der Waals surface area contributed by atoms with Gasteiger partial charge < -0.3 is 5.73 Å². The van der Waals surface area contributed by atoms with Crippen LogP contribution in [-0.2, 0) is 19.9 Å². The van der Waals surface area contributed by atoms with Crippen LogP contribution in [0.3, 0.4) is 0 Å². The summed E-state index contributed by atoms with van der Waals surface area (Å²) in [7, 11) is -6.57. The van der Waals surface area contributed by atoms with E-state index in [0.717, 1.165) is 0 Å². The monoisotopic (exact) mass is 342 g/mol. The summed E-state index contributed by atoms with van der Waals surface area (Å²) in [5, 5.41) is -0.621. The Kier molecular flexibility index (Phi) is 5.94. The fourth-order valence-electron chi connectivity index (χ4n) is 2.19. The standard InChI is InChI=1S/C11H22N2O4S3/c1-3-13(8-9(2)11(12)18)20(16,17)10-4-6-19(14,15)7-5-10/h9-10H,3-8H2,1-2H3,(H2,12,18). The van der Waals surface area contributed by atoms with Crippen molar-refractivity contribution in [3.05, 3.63) is 0 Å². The Labute approximate surface area is 126 Å². The van der Waals surface area contributed by atoms with Crippen LogP contribution >= 0.6 is 12.2 Å². The molecule has 1 unspecified atom stereocenters. The van der Waals surface area contributed by atoms with E-state index in [0.29, 0.717) is 6.54 Å². The van der Waals surface area contributed by atoms with Gasteiger partial charge in [-0.2, -0.15) is 0 Å². The van der Waals surface area contributed by atoms with E-state index in [1.54, 1.807) is 13.8 Å². The maximum absolute atomic E-state index is 12.5. The Bertz CT molecular complexity index is 542. The van der Waals surface area contributed by atoms with Crippen LogP contribution < -0.4 is 5.73 Å². The molecule has 0 aromatic carbocycles. The highest BCUT2D eigenvalue weighted by atomic mass is 32.2. The Morgan fingerprint density at radius 1 is 1.40 bits per heavy atom. The first-order chi connectivity index (χ1) is 9.10. The zero-order valence-electron chi connectivity index (χ0n) is 11.8. The highest BCUT2D eigenvalue weighted by Crippen LogP contribution is 2.23. The fraction of sp³-hybridized carbons (Fsp3) is 0.909.